The van der Waals surface area contributed by atoms with Crippen LogP contribution in [0.1, 0.15) is 6.42 Å². The molecule has 2 heteroatoms. The second-order valence-corrected chi connectivity index (χ2v) is 1.84. The average molecular weight is 134 g/mol. The van der Waals surface area contributed by atoms with Gasteiger partial charge in [0.1, 0.15) is 6.29 Å². The fraction of sp³-hybridized carbons (Fsp3) is 0.286. The van der Waals surface area contributed by atoms with E-state index in [4.69, 9.17) is 0 Å². The van der Waals surface area contributed by atoms with Gasteiger partial charge in [-0.05, 0) is 0 Å². The number of aldehydes is 1. The van der Waals surface area contributed by atoms with Gasteiger partial charge in [0.15, 0.2) is 0 Å². The molecule has 0 bridgehead atoms. The van der Waals surface area contributed by atoms with Crippen molar-refractivity contribution < 1.29 is 4.79 Å². The van der Waals surface area contributed by atoms with E-state index in [2.05, 4.69) is 0 Å². The lowest BCUT2D eigenvalue weighted by Gasteiger charge is -1.93. The highest BCUT2D eigenvalue weighted by atomic mass is 24.3. The van der Waals surface area contributed by atoms with Crippen LogP contribution in [0.2, 0.25) is 0 Å². The first-order valence-electron chi connectivity index (χ1n) is 2.72. The SMILES string of the molecule is O=CCC1C=CC=C1.[MgH2]. The Morgan fingerprint density at radius 2 is 1.89 bits per heavy atom. The second kappa shape index (κ2) is 4.76. The Balaban J connectivity index is 0.000000640. The topological polar surface area (TPSA) is 17.1 Å². The third kappa shape index (κ3) is 2.82. The zero-order valence-electron chi connectivity index (χ0n) is 4.58. The Morgan fingerprint density at radius 1 is 1.33 bits per heavy atom. The molecule has 1 aliphatic rings. The monoisotopic (exact) mass is 134 g/mol. The molecule has 0 spiro atoms. The zero-order valence-corrected chi connectivity index (χ0v) is 4.58. The number of carbonyl (C=O) groups is 1. The van der Waals surface area contributed by atoms with E-state index in [0.717, 1.165) is 6.29 Å². The van der Waals surface area contributed by atoms with Crippen LogP contribution >= 0.6 is 0 Å². The van der Waals surface area contributed by atoms with E-state index in [-0.39, 0.29) is 23.1 Å². The van der Waals surface area contributed by atoms with Crippen LogP contribution in [0.5, 0.6) is 0 Å². The molecule has 0 amide bonds. The molecule has 1 aliphatic carbocycles. The summed E-state index contributed by atoms with van der Waals surface area (Å²) < 4.78 is 0. The van der Waals surface area contributed by atoms with Gasteiger partial charge >= 0.3 is 23.1 Å². The van der Waals surface area contributed by atoms with Crippen molar-refractivity contribution in [3.05, 3.63) is 24.3 Å². The Hall–Kier alpha value is -0.0838. The fourth-order valence-electron chi connectivity index (χ4n) is 0.746. The van der Waals surface area contributed by atoms with Crippen LogP contribution in [0.15, 0.2) is 24.3 Å². The van der Waals surface area contributed by atoms with E-state index < -0.39 is 0 Å². The summed E-state index contributed by atoms with van der Waals surface area (Å²) in [6.07, 6.45) is 9.56. The largest absolute Gasteiger partial charge is 0.316 e. The highest BCUT2D eigenvalue weighted by molar-refractivity contribution is 5.75. The lowest BCUT2D eigenvalue weighted by molar-refractivity contribution is -0.108. The molecular weight excluding hydrogens is 124 g/mol. The first kappa shape index (κ1) is 8.92. The molecule has 0 aromatic rings. The molecule has 0 radical (unpaired) electrons. The second-order valence-electron chi connectivity index (χ2n) is 1.84. The predicted molar refractivity (Wildman–Crippen MR) is 41.0 cm³/mol. The van der Waals surface area contributed by atoms with Crippen LogP contribution in [-0.2, 0) is 4.79 Å². The molecule has 0 aliphatic heterocycles. The van der Waals surface area contributed by atoms with Crippen molar-refractivity contribution in [2.45, 2.75) is 6.42 Å². The highest BCUT2D eigenvalue weighted by Crippen LogP contribution is 2.10. The molecule has 0 heterocycles. The highest BCUT2D eigenvalue weighted by Gasteiger charge is 1.99. The summed E-state index contributed by atoms with van der Waals surface area (Å²) in [7, 11) is 0. The number of rotatable bonds is 2. The molecule has 1 rings (SSSR count). The number of hydrogen-bond acceptors (Lipinski definition) is 1. The number of carbonyl (C=O) groups excluding carboxylic acids is 1. The molecule has 9 heavy (non-hydrogen) atoms. The number of allylic oxidation sites excluding steroid dienone is 4. The van der Waals surface area contributed by atoms with Gasteiger partial charge < -0.3 is 4.79 Å². The van der Waals surface area contributed by atoms with Gasteiger partial charge in [-0.3, -0.25) is 0 Å². The lowest BCUT2D eigenvalue weighted by atomic mass is 10.1. The Bertz CT molecular complexity index is 126. The molecule has 0 aromatic heterocycles. The van der Waals surface area contributed by atoms with Crippen LogP contribution in [0.4, 0.5) is 0 Å². The summed E-state index contributed by atoms with van der Waals surface area (Å²) in [5.74, 6) is 0.382. The average Bonchev–Trinajstić information content (AvgIpc) is 2.19. The molecule has 46 valence electrons. The fourth-order valence-corrected chi connectivity index (χ4v) is 0.746. The van der Waals surface area contributed by atoms with Crippen molar-refractivity contribution in [2.24, 2.45) is 5.92 Å². The van der Waals surface area contributed by atoms with Crippen molar-refractivity contribution in [3.63, 3.8) is 0 Å². The van der Waals surface area contributed by atoms with E-state index in [9.17, 15) is 4.79 Å². The van der Waals surface area contributed by atoms with Gasteiger partial charge in [-0.2, -0.15) is 0 Å². The van der Waals surface area contributed by atoms with Gasteiger partial charge in [-0.15, -0.1) is 0 Å². The van der Waals surface area contributed by atoms with E-state index in [1.807, 2.05) is 24.3 Å². The van der Waals surface area contributed by atoms with Crippen LogP contribution < -0.4 is 0 Å². The van der Waals surface area contributed by atoms with Gasteiger partial charge in [-0.25, -0.2) is 0 Å². The molecule has 0 fully saturated rings. The third-order valence-electron chi connectivity index (χ3n) is 1.20. The van der Waals surface area contributed by atoms with Gasteiger partial charge in [0.25, 0.3) is 0 Å². The summed E-state index contributed by atoms with van der Waals surface area (Å²) in [5.41, 5.74) is 0. The summed E-state index contributed by atoms with van der Waals surface area (Å²) in [6, 6.07) is 0. The molecule has 0 atom stereocenters. The van der Waals surface area contributed by atoms with Crippen molar-refractivity contribution in [3.8, 4) is 0 Å². The predicted octanol–water partition coefficient (Wildman–Crippen LogP) is 0.401. The Morgan fingerprint density at radius 3 is 2.33 bits per heavy atom. The van der Waals surface area contributed by atoms with Gasteiger partial charge in [0, 0.05) is 12.3 Å². The van der Waals surface area contributed by atoms with Crippen LogP contribution in [0.3, 0.4) is 0 Å². The number of hydrogen-bond donors (Lipinski definition) is 0. The summed E-state index contributed by atoms with van der Waals surface area (Å²) >= 11 is 0. The van der Waals surface area contributed by atoms with Gasteiger partial charge in [0.05, 0.1) is 0 Å². The van der Waals surface area contributed by atoms with Crippen molar-refractivity contribution in [1.82, 2.24) is 0 Å². The summed E-state index contributed by atoms with van der Waals surface area (Å²) in [5, 5.41) is 0. The van der Waals surface area contributed by atoms with Crippen molar-refractivity contribution in [2.75, 3.05) is 0 Å². The lowest BCUT2D eigenvalue weighted by Crippen LogP contribution is -1.87. The van der Waals surface area contributed by atoms with E-state index in [1.54, 1.807) is 0 Å². The minimum atomic E-state index is 0. The first-order valence-corrected chi connectivity index (χ1v) is 2.72. The van der Waals surface area contributed by atoms with Crippen molar-refractivity contribution in [1.29, 1.82) is 0 Å². The Kier molecular flexibility index (Phi) is 4.72. The summed E-state index contributed by atoms with van der Waals surface area (Å²) in [6.45, 7) is 0. The molecule has 0 saturated heterocycles. The maximum atomic E-state index is 9.89. The van der Waals surface area contributed by atoms with Crippen LogP contribution in [-0.4, -0.2) is 29.3 Å². The first-order chi connectivity index (χ1) is 3.93. The van der Waals surface area contributed by atoms with Crippen LogP contribution in [0.25, 0.3) is 0 Å². The summed E-state index contributed by atoms with van der Waals surface area (Å²) in [4.78, 5) is 9.89. The van der Waals surface area contributed by atoms with Crippen LogP contribution in [0, 0.1) is 5.92 Å². The smallest absolute Gasteiger partial charge is 0.303 e. The standard InChI is InChI=1S/C7H8O.Mg.2H/c8-6-5-7-3-1-2-4-7;;;/h1-4,6-7H,5H2;;;. The van der Waals surface area contributed by atoms with E-state index in [1.165, 1.54) is 0 Å². The Labute approximate surface area is 71.0 Å². The molecule has 0 saturated carbocycles. The quantitative estimate of drug-likeness (QED) is 0.395. The zero-order chi connectivity index (χ0) is 5.82. The molecular formula is C7H10MgO. The molecule has 0 aromatic carbocycles. The van der Waals surface area contributed by atoms with E-state index >= 15 is 0 Å². The van der Waals surface area contributed by atoms with Crippen molar-refractivity contribution >= 4 is 29.3 Å². The van der Waals surface area contributed by atoms with Gasteiger partial charge in [0.2, 0.25) is 0 Å². The minimum Gasteiger partial charge on any atom is -0.303 e. The molecule has 0 unspecified atom stereocenters. The maximum Gasteiger partial charge on any atom is 0.316 e. The minimum absolute atomic E-state index is 0. The maximum absolute atomic E-state index is 9.89. The normalized spacial score (nSPS) is 15.6. The molecule has 0 N–H and O–H groups in total. The van der Waals surface area contributed by atoms with E-state index in [0.29, 0.717) is 12.3 Å². The van der Waals surface area contributed by atoms with Gasteiger partial charge in [-0.1, -0.05) is 24.3 Å². The third-order valence-corrected chi connectivity index (χ3v) is 1.20. The molecule has 1 nitrogen and oxygen atoms in total.